The van der Waals surface area contributed by atoms with Gasteiger partial charge in [-0.25, -0.2) is 0 Å². The van der Waals surface area contributed by atoms with E-state index in [4.69, 9.17) is 4.99 Å². The standard InChI is InChI=1S/C16H28N2S/c1-2-5-13-6-8-14(9-7-13)17-15-18-16(12-19-15)10-3-4-11-16/h13-14H,2-12H2,1H3,(H,17,18). The summed E-state index contributed by atoms with van der Waals surface area (Å²) in [6.45, 7) is 2.31. The molecule has 0 unspecified atom stereocenters. The normalized spacial score (nSPS) is 35.9. The Kier molecular flexibility index (Phi) is 4.40. The van der Waals surface area contributed by atoms with E-state index < -0.39 is 0 Å². The van der Waals surface area contributed by atoms with Crippen LogP contribution in [0.3, 0.4) is 0 Å². The molecule has 108 valence electrons. The highest BCUT2D eigenvalue weighted by Gasteiger charge is 2.39. The lowest BCUT2D eigenvalue weighted by Crippen LogP contribution is -2.41. The third kappa shape index (κ3) is 3.29. The van der Waals surface area contributed by atoms with Gasteiger partial charge in [0.25, 0.3) is 0 Å². The molecule has 2 aliphatic carbocycles. The van der Waals surface area contributed by atoms with Crippen LogP contribution in [0.2, 0.25) is 0 Å². The predicted octanol–water partition coefficient (Wildman–Crippen LogP) is 4.35. The van der Waals surface area contributed by atoms with Crippen LogP contribution in [0, 0.1) is 5.92 Å². The van der Waals surface area contributed by atoms with Crippen LogP contribution in [0.4, 0.5) is 0 Å². The van der Waals surface area contributed by atoms with Gasteiger partial charge in [-0.2, -0.15) is 0 Å². The van der Waals surface area contributed by atoms with Crippen molar-refractivity contribution in [2.75, 3.05) is 5.75 Å². The van der Waals surface area contributed by atoms with Crippen LogP contribution < -0.4 is 5.32 Å². The monoisotopic (exact) mass is 280 g/mol. The van der Waals surface area contributed by atoms with Gasteiger partial charge in [0.15, 0.2) is 5.17 Å². The SMILES string of the molecule is CCCC1CCC(N=C2NC3(CCCC3)CS2)CC1. The first-order valence-electron chi connectivity index (χ1n) is 8.28. The molecule has 0 aromatic carbocycles. The Hall–Kier alpha value is -0.180. The van der Waals surface area contributed by atoms with E-state index in [1.165, 1.54) is 75.1 Å². The molecule has 0 radical (unpaired) electrons. The van der Waals surface area contributed by atoms with Crippen LogP contribution in [0.15, 0.2) is 4.99 Å². The molecule has 1 heterocycles. The van der Waals surface area contributed by atoms with Gasteiger partial charge in [-0.15, -0.1) is 0 Å². The molecule has 1 spiro atoms. The molecule has 3 heteroatoms. The summed E-state index contributed by atoms with van der Waals surface area (Å²) in [5.74, 6) is 2.25. The molecule has 3 rings (SSSR count). The first kappa shape index (κ1) is 13.8. The van der Waals surface area contributed by atoms with Crippen molar-refractivity contribution in [2.45, 2.75) is 82.7 Å². The van der Waals surface area contributed by atoms with Crippen molar-refractivity contribution in [3.8, 4) is 0 Å². The summed E-state index contributed by atoms with van der Waals surface area (Å²) in [5, 5.41) is 5.03. The van der Waals surface area contributed by atoms with Gasteiger partial charge in [0.2, 0.25) is 0 Å². The van der Waals surface area contributed by atoms with E-state index in [1.54, 1.807) is 0 Å². The summed E-state index contributed by atoms with van der Waals surface area (Å²) in [4.78, 5) is 5.02. The Labute approximate surface area is 122 Å². The highest BCUT2D eigenvalue weighted by molar-refractivity contribution is 8.14. The molecule has 2 nitrogen and oxygen atoms in total. The Bertz CT molecular complexity index is 326. The number of thioether (sulfide) groups is 1. The maximum atomic E-state index is 5.02. The fraction of sp³-hybridized carbons (Fsp3) is 0.938. The van der Waals surface area contributed by atoms with E-state index in [2.05, 4.69) is 12.2 Å². The number of hydrogen-bond acceptors (Lipinski definition) is 2. The van der Waals surface area contributed by atoms with Crippen molar-refractivity contribution in [1.29, 1.82) is 0 Å². The van der Waals surface area contributed by atoms with Gasteiger partial charge in [0.05, 0.1) is 6.04 Å². The number of hydrogen-bond donors (Lipinski definition) is 1. The van der Waals surface area contributed by atoms with Crippen molar-refractivity contribution in [1.82, 2.24) is 5.32 Å². The third-order valence-electron chi connectivity index (χ3n) is 5.23. The van der Waals surface area contributed by atoms with Crippen LogP contribution in [0.1, 0.15) is 71.1 Å². The number of aliphatic imine (C=N–C) groups is 1. The Morgan fingerprint density at radius 3 is 2.63 bits per heavy atom. The zero-order valence-electron chi connectivity index (χ0n) is 12.3. The number of nitrogens with zero attached hydrogens (tertiary/aromatic N) is 1. The van der Waals surface area contributed by atoms with Gasteiger partial charge >= 0.3 is 0 Å². The predicted molar refractivity (Wildman–Crippen MR) is 84.9 cm³/mol. The summed E-state index contributed by atoms with van der Waals surface area (Å²) >= 11 is 1.98. The molecule has 0 aromatic rings. The topological polar surface area (TPSA) is 24.4 Å². The summed E-state index contributed by atoms with van der Waals surface area (Å²) in [6, 6.07) is 0.611. The molecule has 3 fully saturated rings. The molecule has 3 aliphatic rings. The highest BCUT2D eigenvalue weighted by atomic mass is 32.2. The molecule has 19 heavy (non-hydrogen) atoms. The van der Waals surface area contributed by atoms with Crippen molar-refractivity contribution in [3.05, 3.63) is 0 Å². The summed E-state index contributed by atoms with van der Waals surface area (Å²) in [6.07, 6.45) is 13.8. The van der Waals surface area contributed by atoms with Crippen molar-refractivity contribution >= 4 is 16.9 Å². The minimum absolute atomic E-state index is 0.433. The smallest absolute Gasteiger partial charge is 0.157 e. The molecule has 0 bridgehead atoms. The lowest BCUT2D eigenvalue weighted by molar-refractivity contribution is 0.309. The van der Waals surface area contributed by atoms with Crippen LogP contribution in [-0.4, -0.2) is 22.5 Å². The van der Waals surface area contributed by atoms with Gasteiger partial charge in [-0.05, 0) is 44.4 Å². The van der Waals surface area contributed by atoms with E-state index >= 15 is 0 Å². The van der Waals surface area contributed by atoms with Crippen molar-refractivity contribution < 1.29 is 0 Å². The Morgan fingerprint density at radius 1 is 1.21 bits per heavy atom. The second-order valence-electron chi connectivity index (χ2n) is 6.80. The zero-order valence-corrected chi connectivity index (χ0v) is 13.1. The molecule has 0 aromatic heterocycles. The third-order valence-corrected chi connectivity index (χ3v) is 6.41. The number of amidine groups is 1. The van der Waals surface area contributed by atoms with Crippen molar-refractivity contribution in [3.63, 3.8) is 0 Å². The van der Waals surface area contributed by atoms with Crippen molar-refractivity contribution in [2.24, 2.45) is 10.9 Å². The molecule has 1 N–H and O–H groups in total. The molecular weight excluding hydrogens is 252 g/mol. The quantitative estimate of drug-likeness (QED) is 0.831. The first-order valence-corrected chi connectivity index (χ1v) is 9.27. The zero-order chi connectivity index (χ0) is 13.1. The van der Waals surface area contributed by atoms with Crippen LogP contribution >= 0.6 is 11.8 Å². The molecular formula is C16H28N2S. The lowest BCUT2D eigenvalue weighted by atomic mass is 9.84. The number of nitrogens with one attached hydrogen (secondary N) is 1. The van der Waals surface area contributed by atoms with E-state index in [0.717, 1.165) is 5.92 Å². The number of rotatable bonds is 3. The molecule has 1 saturated heterocycles. The Morgan fingerprint density at radius 2 is 1.95 bits per heavy atom. The maximum absolute atomic E-state index is 5.02. The minimum atomic E-state index is 0.433. The molecule has 2 saturated carbocycles. The van der Waals surface area contributed by atoms with Crippen LogP contribution in [-0.2, 0) is 0 Å². The summed E-state index contributed by atoms with van der Waals surface area (Å²) in [5.41, 5.74) is 0.433. The molecule has 0 amide bonds. The van der Waals surface area contributed by atoms with Gasteiger partial charge in [0.1, 0.15) is 0 Å². The minimum Gasteiger partial charge on any atom is -0.359 e. The van der Waals surface area contributed by atoms with Crippen LogP contribution in [0.25, 0.3) is 0 Å². The first-order chi connectivity index (χ1) is 9.30. The van der Waals surface area contributed by atoms with Crippen LogP contribution in [0.5, 0.6) is 0 Å². The average Bonchev–Trinajstić information content (AvgIpc) is 3.03. The van der Waals surface area contributed by atoms with E-state index in [1.807, 2.05) is 11.8 Å². The average molecular weight is 280 g/mol. The van der Waals surface area contributed by atoms with E-state index in [0.29, 0.717) is 11.6 Å². The van der Waals surface area contributed by atoms with E-state index in [-0.39, 0.29) is 0 Å². The summed E-state index contributed by atoms with van der Waals surface area (Å²) in [7, 11) is 0. The lowest BCUT2D eigenvalue weighted by Gasteiger charge is -2.26. The fourth-order valence-corrected chi connectivity index (χ4v) is 5.32. The summed E-state index contributed by atoms with van der Waals surface area (Å²) < 4.78 is 0. The van der Waals surface area contributed by atoms with Gasteiger partial charge in [-0.1, -0.05) is 44.4 Å². The van der Waals surface area contributed by atoms with Gasteiger partial charge in [0, 0.05) is 11.3 Å². The second kappa shape index (κ2) is 6.07. The Balaban J connectivity index is 1.50. The second-order valence-corrected chi connectivity index (χ2v) is 7.76. The molecule has 1 aliphatic heterocycles. The van der Waals surface area contributed by atoms with Gasteiger partial charge < -0.3 is 5.32 Å². The van der Waals surface area contributed by atoms with E-state index in [9.17, 15) is 0 Å². The van der Waals surface area contributed by atoms with Gasteiger partial charge in [-0.3, -0.25) is 4.99 Å². The highest BCUT2D eigenvalue weighted by Crippen LogP contribution is 2.38. The maximum Gasteiger partial charge on any atom is 0.157 e. The largest absolute Gasteiger partial charge is 0.359 e. The molecule has 0 atom stereocenters. The fourth-order valence-electron chi connectivity index (χ4n) is 4.03.